The largest absolute Gasteiger partial charge is 0.497 e. The summed E-state index contributed by atoms with van der Waals surface area (Å²) in [7, 11) is 1.66. The number of benzene rings is 1. The Kier molecular flexibility index (Phi) is 5.47. The average molecular weight is 361 g/mol. The Morgan fingerprint density at radius 3 is 2.31 bits per heavy atom. The van der Waals surface area contributed by atoms with Gasteiger partial charge in [-0.15, -0.1) is 0 Å². The minimum Gasteiger partial charge on any atom is -0.497 e. The van der Waals surface area contributed by atoms with Crippen LogP contribution >= 0.6 is 0 Å². The van der Waals surface area contributed by atoms with Crippen LogP contribution in [0.2, 0.25) is 0 Å². The Bertz CT molecular complexity index is 622. The van der Waals surface area contributed by atoms with Crippen LogP contribution in [0.1, 0.15) is 57.9 Å². The van der Waals surface area contributed by atoms with Gasteiger partial charge in [-0.25, -0.2) is 4.79 Å². The van der Waals surface area contributed by atoms with E-state index in [9.17, 15) is 9.90 Å². The first-order valence-electron chi connectivity index (χ1n) is 9.58. The summed E-state index contributed by atoms with van der Waals surface area (Å²) in [6.07, 6.45) is 3.48. The third-order valence-corrected chi connectivity index (χ3v) is 5.67. The highest BCUT2D eigenvalue weighted by Gasteiger charge is 2.45. The number of nitrogens with zero attached hydrogens (tertiary/aromatic N) is 1. The van der Waals surface area contributed by atoms with E-state index < -0.39 is 5.60 Å². The van der Waals surface area contributed by atoms with Crippen molar-refractivity contribution in [2.45, 2.75) is 70.1 Å². The first-order chi connectivity index (χ1) is 12.3. The highest BCUT2D eigenvalue weighted by atomic mass is 16.6. The van der Waals surface area contributed by atoms with Gasteiger partial charge in [0.1, 0.15) is 11.4 Å². The molecule has 2 unspecified atom stereocenters. The molecular formula is C21H31NO4. The Morgan fingerprint density at radius 1 is 1.15 bits per heavy atom. The smallest absolute Gasteiger partial charge is 0.410 e. The van der Waals surface area contributed by atoms with Crippen molar-refractivity contribution in [1.29, 1.82) is 0 Å². The van der Waals surface area contributed by atoms with Gasteiger partial charge in [-0.1, -0.05) is 12.1 Å². The molecule has 144 valence electrons. The number of ether oxygens (including phenoxy) is 2. The molecule has 2 aliphatic heterocycles. The third kappa shape index (κ3) is 3.98. The second-order valence-corrected chi connectivity index (χ2v) is 8.57. The maximum Gasteiger partial charge on any atom is 0.410 e. The summed E-state index contributed by atoms with van der Waals surface area (Å²) in [6.45, 7) is 5.85. The maximum atomic E-state index is 12.8. The molecule has 3 rings (SSSR count). The van der Waals surface area contributed by atoms with E-state index in [1.807, 2.05) is 37.8 Å². The highest BCUT2D eigenvalue weighted by molar-refractivity contribution is 5.69. The number of hydrogen-bond acceptors (Lipinski definition) is 4. The molecule has 2 heterocycles. The van der Waals surface area contributed by atoms with Gasteiger partial charge in [0.25, 0.3) is 0 Å². The lowest BCUT2D eigenvalue weighted by molar-refractivity contribution is 0.0145. The zero-order valence-corrected chi connectivity index (χ0v) is 16.3. The SMILES string of the molecule is COc1ccc([C@H]2CC3CCC(C[C@@H]2CO)N3C(=O)OC(C)(C)C)cc1. The third-order valence-electron chi connectivity index (χ3n) is 5.67. The van der Waals surface area contributed by atoms with E-state index in [2.05, 4.69) is 12.1 Å². The molecule has 1 N–H and O–H groups in total. The van der Waals surface area contributed by atoms with Crippen LogP contribution in [-0.4, -0.2) is 47.5 Å². The molecule has 0 radical (unpaired) electrons. The number of aliphatic hydroxyl groups excluding tert-OH is 1. The second kappa shape index (κ2) is 7.47. The summed E-state index contributed by atoms with van der Waals surface area (Å²) < 4.78 is 10.9. The van der Waals surface area contributed by atoms with E-state index in [4.69, 9.17) is 9.47 Å². The highest BCUT2D eigenvalue weighted by Crippen LogP contribution is 2.44. The van der Waals surface area contributed by atoms with Crippen molar-refractivity contribution in [3.8, 4) is 5.75 Å². The van der Waals surface area contributed by atoms with Crippen molar-refractivity contribution in [2.24, 2.45) is 5.92 Å². The van der Waals surface area contributed by atoms with Crippen molar-refractivity contribution in [3.05, 3.63) is 29.8 Å². The molecule has 1 aromatic carbocycles. The summed E-state index contributed by atoms with van der Waals surface area (Å²) in [5.41, 5.74) is 0.718. The monoisotopic (exact) mass is 361 g/mol. The number of amides is 1. The van der Waals surface area contributed by atoms with Gasteiger partial charge in [0.05, 0.1) is 7.11 Å². The first kappa shape index (κ1) is 19.0. The summed E-state index contributed by atoms with van der Waals surface area (Å²) in [6, 6.07) is 8.46. The quantitative estimate of drug-likeness (QED) is 0.886. The molecule has 1 amide bonds. The van der Waals surface area contributed by atoms with Crippen LogP contribution in [0.4, 0.5) is 4.79 Å². The van der Waals surface area contributed by atoms with Gasteiger partial charge in [-0.2, -0.15) is 0 Å². The van der Waals surface area contributed by atoms with Crippen LogP contribution in [0, 0.1) is 5.92 Å². The molecule has 1 aromatic rings. The van der Waals surface area contributed by atoms with Gasteiger partial charge < -0.3 is 19.5 Å². The van der Waals surface area contributed by atoms with Gasteiger partial charge in [0.2, 0.25) is 0 Å². The standard InChI is InChI=1S/C21H31NO4/c1-21(2,3)26-20(24)22-16-7-8-17(22)12-19(15(11-16)13-23)14-5-9-18(25-4)10-6-14/h5-6,9-10,15-17,19,23H,7-8,11-13H2,1-4H3/t15-,16?,17?,19-/m1/s1. The van der Waals surface area contributed by atoms with Crippen LogP contribution in [0.3, 0.4) is 0 Å². The zero-order chi connectivity index (χ0) is 18.9. The normalized spacial score (nSPS) is 28.6. The Hall–Kier alpha value is -1.75. The van der Waals surface area contributed by atoms with E-state index in [1.165, 1.54) is 5.56 Å². The molecule has 0 aliphatic carbocycles. The summed E-state index contributed by atoms with van der Waals surface area (Å²) in [4.78, 5) is 14.7. The van der Waals surface area contributed by atoms with E-state index >= 15 is 0 Å². The molecule has 2 saturated heterocycles. The fraction of sp³-hybridized carbons (Fsp3) is 0.667. The lowest BCUT2D eigenvalue weighted by Crippen LogP contribution is -2.43. The van der Waals surface area contributed by atoms with Gasteiger partial charge in [0, 0.05) is 18.7 Å². The molecule has 2 fully saturated rings. The fourth-order valence-electron chi connectivity index (χ4n) is 4.50. The van der Waals surface area contributed by atoms with Crippen LogP contribution in [0.25, 0.3) is 0 Å². The van der Waals surface area contributed by atoms with E-state index in [0.29, 0.717) is 0 Å². The van der Waals surface area contributed by atoms with Crippen LogP contribution in [-0.2, 0) is 4.74 Å². The van der Waals surface area contributed by atoms with E-state index in [0.717, 1.165) is 31.4 Å². The topological polar surface area (TPSA) is 59.0 Å². The Morgan fingerprint density at radius 2 is 1.77 bits per heavy atom. The summed E-state index contributed by atoms with van der Waals surface area (Å²) in [5.74, 6) is 1.23. The molecule has 4 atom stereocenters. The van der Waals surface area contributed by atoms with Gasteiger partial charge >= 0.3 is 6.09 Å². The fourth-order valence-corrected chi connectivity index (χ4v) is 4.50. The second-order valence-electron chi connectivity index (χ2n) is 8.57. The van der Waals surface area contributed by atoms with E-state index in [1.54, 1.807) is 7.11 Å². The first-order valence-corrected chi connectivity index (χ1v) is 9.58. The lowest BCUT2D eigenvalue weighted by Gasteiger charge is -2.31. The van der Waals surface area contributed by atoms with Crippen LogP contribution in [0.5, 0.6) is 5.75 Å². The summed E-state index contributed by atoms with van der Waals surface area (Å²) >= 11 is 0. The number of hydrogen-bond donors (Lipinski definition) is 1. The number of aliphatic hydroxyl groups is 1. The Balaban J connectivity index is 1.83. The van der Waals surface area contributed by atoms with Crippen molar-refractivity contribution >= 4 is 6.09 Å². The number of carbonyl (C=O) groups is 1. The van der Waals surface area contributed by atoms with Crippen molar-refractivity contribution in [2.75, 3.05) is 13.7 Å². The van der Waals surface area contributed by atoms with Crippen LogP contribution in [0.15, 0.2) is 24.3 Å². The molecule has 0 saturated carbocycles. The molecule has 2 bridgehead atoms. The minimum atomic E-state index is -0.491. The molecule has 26 heavy (non-hydrogen) atoms. The van der Waals surface area contributed by atoms with Gasteiger partial charge in [-0.3, -0.25) is 0 Å². The number of rotatable bonds is 3. The van der Waals surface area contributed by atoms with E-state index in [-0.39, 0.29) is 36.6 Å². The minimum absolute atomic E-state index is 0.141. The molecule has 0 aromatic heterocycles. The molecule has 0 spiro atoms. The van der Waals surface area contributed by atoms with Crippen molar-refractivity contribution in [1.82, 2.24) is 4.90 Å². The zero-order valence-electron chi connectivity index (χ0n) is 16.3. The van der Waals surface area contributed by atoms with Gasteiger partial charge in [0.15, 0.2) is 0 Å². The van der Waals surface area contributed by atoms with Crippen molar-refractivity contribution in [3.63, 3.8) is 0 Å². The number of methoxy groups -OCH3 is 1. The Labute approximate surface area is 156 Å². The predicted molar refractivity (Wildman–Crippen MR) is 100 cm³/mol. The van der Waals surface area contributed by atoms with Crippen LogP contribution < -0.4 is 4.74 Å². The molecular weight excluding hydrogens is 330 g/mol. The average Bonchev–Trinajstić information content (AvgIpc) is 2.89. The maximum absolute atomic E-state index is 12.8. The lowest BCUT2D eigenvalue weighted by atomic mass is 9.78. The molecule has 5 heteroatoms. The van der Waals surface area contributed by atoms with Crippen molar-refractivity contribution < 1.29 is 19.4 Å². The predicted octanol–water partition coefficient (Wildman–Crippen LogP) is 3.95. The molecule has 5 nitrogen and oxygen atoms in total. The van der Waals surface area contributed by atoms with Gasteiger partial charge in [-0.05, 0) is 76.0 Å². The molecule has 2 aliphatic rings. The number of carbonyl (C=O) groups excluding carboxylic acids is 1. The number of fused-ring (bicyclic) bond motifs is 2. The summed E-state index contributed by atoms with van der Waals surface area (Å²) in [5, 5.41) is 10.0.